The molecule has 4 rings (SSSR count). The van der Waals surface area contributed by atoms with Crippen molar-refractivity contribution in [2.24, 2.45) is 28.6 Å². The van der Waals surface area contributed by atoms with Crippen molar-refractivity contribution in [1.82, 2.24) is 0 Å². The molecule has 1 heterocycles. The van der Waals surface area contributed by atoms with Crippen molar-refractivity contribution in [3.8, 4) is 0 Å². The van der Waals surface area contributed by atoms with Crippen molar-refractivity contribution in [2.75, 3.05) is 13.2 Å². The summed E-state index contributed by atoms with van der Waals surface area (Å²) >= 11 is 0. The number of ether oxygens (including phenoxy) is 1. The molecule has 0 radical (unpaired) electrons. The van der Waals surface area contributed by atoms with Crippen LogP contribution in [0.3, 0.4) is 0 Å². The summed E-state index contributed by atoms with van der Waals surface area (Å²) < 4.78 is 5.80. The number of hydrogen-bond donors (Lipinski definition) is 2. The van der Waals surface area contributed by atoms with E-state index in [0.717, 1.165) is 38.9 Å². The number of fused-ring (bicyclic) bond motifs is 2. The summed E-state index contributed by atoms with van der Waals surface area (Å²) in [6.07, 6.45) is 15.5. The molecular weight excluding hydrogens is 312 g/mol. The summed E-state index contributed by atoms with van der Waals surface area (Å²) in [4.78, 5) is 0. The van der Waals surface area contributed by atoms with E-state index in [4.69, 9.17) is 4.74 Å². The van der Waals surface area contributed by atoms with Gasteiger partial charge in [0.1, 0.15) is 0 Å². The molecule has 4 aliphatic rings. The van der Waals surface area contributed by atoms with Crippen LogP contribution in [0.5, 0.6) is 0 Å². The number of aliphatic hydroxyl groups is 2. The average Bonchev–Trinajstić information content (AvgIpc) is 3.14. The Kier molecular flexibility index (Phi) is 5.02. The minimum absolute atomic E-state index is 0.221. The molecule has 25 heavy (non-hydrogen) atoms. The zero-order valence-corrected chi connectivity index (χ0v) is 15.8. The van der Waals surface area contributed by atoms with Gasteiger partial charge in [0.2, 0.25) is 0 Å². The van der Waals surface area contributed by atoms with Crippen molar-refractivity contribution in [3.05, 3.63) is 12.2 Å². The topological polar surface area (TPSA) is 49.7 Å². The van der Waals surface area contributed by atoms with E-state index in [-0.39, 0.29) is 18.1 Å². The predicted octanol–water partition coefficient (Wildman–Crippen LogP) is 4.08. The van der Waals surface area contributed by atoms with Gasteiger partial charge in [-0.1, -0.05) is 38.3 Å². The highest BCUT2D eigenvalue weighted by Gasteiger charge is 2.68. The van der Waals surface area contributed by atoms with Crippen LogP contribution in [0.15, 0.2) is 12.2 Å². The summed E-state index contributed by atoms with van der Waals surface area (Å²) in [5.41, 5.74) is 0.730. The Balaban J connectivity index is 1.48. The Labute approximate surface area is 152 Å². The highest BCUT2D eigenvalue weighted by molar-refractivity contribution is 5.19. The third-order valence-corrected chi connectivity index (χ3v) is 8.57. The number of hydrogen-bond acceptors (Lipinski definition) is 3. The molecular formula is C22H36O3. The molecule has 0 aromatic heterocycles. The summed E-state index contributed by atoms with van der Waals surface area (Å²) in [5.74, 6) is 1.22. The third kappa shape index (κ3) is 2.82. The second-order valence-corrected chi connectivity index (χ2v) is 9.36. The van der Waals surface area contributed by atoms with Gasteiger partial charge in [-0.25, -0.2) is 0 Å². The van der Waals surface area contributed by atoms with E-state index in [1.165, 1.54) is 38.5 Å². The smallest absolute Gasteiger partial charge is 0.0749 e. The van der Waals surface area contributed by atoms with Gasteiger partial charge in [-0.15, -0.1) is 0 Å². The fourth-order valence-corrected chi connectivity index (χ4v) is 7.02. The number of rotatable bonds is 4. The molecule has 2 N–H and O–H groups in total. The first kappa shape index (κ1) is 18.0. The standard InChI is InChI=1S/C22H36O3/c1-2-22-11-10-20(24)17(18(22)14-21(22)12-13-25-15-21)8-9-19(23)16-6-4-3-5-7-16/h8-9,16-20,23-24H,2-7,10-15H2,1H3/b9-8+/t17-,18-,19-,20-,21?,22+/m1/s1. The van der Waals surface area contributed by atoms with Crippen molar-refractivity contribution < 1.29 is 14.9 Å². The normalized spacial score (nSPS) is 46.3. The van der Waals surface area contributed by atoms with Gasteiger partial charge >= 0.3 is 0 Å². The van der Waals surface area contributed by atoms with Crippen LogP contribution < -0.4 is 0 Å². The quantitative estimate of drug-likeness (QED) is 0.753. The van der Waals surface area contributed by atoms with Crippen LogP contribution in [0.4, 0.5) is 0 Å². The molecule has 1 spiro atoms. The van der Waals surface area contributed by atoms with E-state index in [2.05, 4.69) is 13.0 Å². The molecule has 0 bridgehead atoms. The lowest BCUT2D eigenvalue weighted by Gasteiger charge is -2.68. The van der Waals surface area contributed by atoms with Crippen molar-refractivity contribution in [1.29, 1.82) is 0 Å². The minimum atomic E-state index is -0.325. The van der Waals surface area contributed by atoms with Gasteiger partial charge in [-0.05, 0) is 62.2 Å². The summed E-state index contributed by atoms with van der Waals surface area (Å²) in [5, 5.41) is 21.3. The lowest BCUT2D eigenvalue weighted by Crippen LogP contribution is -2.64. The van der Waals surface area contributed by atoms with Crippen LogP contribution in [0.1, 0.15) is 71.1 Å². The fourth-order valence-electron chi connectivity index (χ4n) is 7.02. The maximum atomic E-state index is 10.7. The predicted molar refractivity (Wildman–Crippen MR) is 99.2 cm³/mol. The van der Waals surface area contributed by atoms with Crippen LogP contribution in [-0.4, -0.2) is 35.6 Å². The van der Waals surface area contributed by atoms with E-state index in [9.17, 15) is 10.2 Å². The Hall–Kier alpha value is -0.380. The molecule has 0 aromatic carbocycles. The van der Waals surface area contributed by atoms with E-state index < -0.39 is 0 Å². The zero-order valence-electron chi connectivity index (χ0n) is 15.8. The van der Waals surface area contributed by atoms with Crippen molar-refractivity contribution in [2.45, 2.75) is 83.3 Å². The zero-order chi connectivity index (χ0) is 17.5. The summed E-state index contributed by atoms with van der Waals surface area (Å²) in [6.45, 7) is 4.17. The average molecular weight is 349 g/mol. The molecule has 1 unspecified atom stereocenters. The molecule has 3 saturated carbocycles. The minimum Gasteiger partial charge on any atom is -0.393 e. The first-order chi connectivity index (χ1) is 12.1. The number of aliphatic hydroxyl groups excluding tert-OH is 2. The van der Waals surface area contributed by atoms with E-state index in [1.54, 1.807) is 0 Å². The van der Waals surface area contributed by atoms with Crippen LogP contribution in [0, 0.1) is 28.6 Å². The Morgan fingerprint density at radius 3 is 2.64 bits per heavy atom. The van der Waals surface area contributed by atoms with Gasteiger partial charge in [0.05, 0.1) is 18.8 Å². The SMILES string of the molecule is CC[C@]12CC[C@@H](O)[C@H](/C=C/[C@@H](O)C3CCCCC3)[C@H]1CC21CCOC1. The van der Waals surface area contributed by atoms with Crippen LogP contribution in [0.2, 0.25) is 0 Å². The van der Waals surface area contributed by atoms with Gasteiger partial charge in [0.25, 0.3) is 0 Å². The third-order valence-electron chi connectivity index (χ3n) is 8.57. The van der Waals surface area contributed by atoms with Gasteiger partial charge in [-0.3, -0.25) is 0 Å². The van der Waals surface area contributed by atoms with Crippen LogP contribution in [0.25, 0.3) is 0 Å². The molecule has 3 aliphatic carbocycles. The second-order valence-electron chi connectivity index (χ2n) is 9.36. The van der Waals surface area contributed by atoms with E-state index in [0.29, 0.717) is 22.7 Å². The summed E-state index contributed by atoms with van der Waals surface area (Å²) in [6, 6.07) is 0. The molecule has 0 aromatic rings. The first-order valence-electron chi connectivity index (χ1n) is 10.7. The lowest BCUT2D eigenvalue weighted by molar-refractivity contribution is -0.209. The van der Waals surface area contributed by atoms with E-state index in [1.807, 2.05) is 6.08 Å². The monoisotopic (exact) mass is 348 g/mol. The summed E-state index contributed by atoms with van der Waals surface area (Å²) in [7, 11) is 0. The molecule has 0 amide bonds. The Morgan fingerprint density at radius 1 is 1.16 bits per heavy atom. The highest BCUT2D eigenvalue weighted by atomic mass is 16.5. The molecule has 3 nitrogen and oxygen atoms in total. The molecule has 3 heteroatoms. The molecule has 1 saturated heterocycles. The van der Waals surface area contributed by atoms with Crippen LogP contribution >= 0.6 is 0 Å². The highest BCUT2D eigenvalue weighted by Crippen LogP contribution is 2.72. The van der Waals surface area contributed by atoms with Crippen molar-refractivity contribution >= 4 is 0 Å². The fraction of sp³-hybridized carbons (Fsp3) is 0.909. The maximum absolute atomic E-state index is 10.7. The maximum Gasteiger partial charge on any atom is 0.0749 e. The molecule has 4 fully saturated rings. The first-order valence-corrected chi connectivity index (χ1v) is 10.7. The van der Waals surface area contributed by atoms with Gasteiger partial charge < -0.3 is 14.9 Å². The molecule has 6 atom stereocenters. The Bertz CT molecular complexity index is 490. The van der Waals surface area contributed by atoms with Crippen LogP contribution in [-0.2, 0) is 4.74 Å². The van der Waals surface area contributed by atoms with Crippen molar-refractivity contribution in [3.63, 3.8) is 0 Å². The van der Waals surface area contributed by atoms with Gasteiger partial charge in [-0.2, -0.15) is 0 Å². The lowest BCUT2D eigenvalue weighted by atomic mass is 9.36. The molecule has 142 valence electrons. The molecule has 1 aliphatic heterocycles. The second kappa shape index (κ2) is 6.98. The largest absolute Gasteiger partial charge is 0.393 e. The Morgan fingerprint density at radius 2 is 1.96 bits per heavy atom. The van der Waals surface area contributed by atoms with Gasteiger partial charge in [0.15, 0.2) is 0 Å². The van der Waals surface area contributed by atoms with E-state index >= 15 is 0 Å². The van der Waals surface area contributed by atoms with Gasteiger partial charge in [0, 0.05) is 17.9 Å².